The summed E-state index contributed by atoms with van der Waals surface area (Å²) in [6.45, 7) is 0. The first-order chi connectivity index (χ1) is 7.67. The van der Waals surface area contributed by atoms with E-state index < -0.39 is 4.92 Å². The third-order valence-corrected chi connectivity index (χ3v) is 2.14. The van der Waals surface area contributed by atoms with Gasteiger partial charge in [0.15, 0.2) is 6.29 Å². The van der Waals surface area contributed by atoms with Crippen molar-refractivity contribution < 1.29 is 14.9 Å². The number of aliphatic imine (C=N–C) groups is 1. The standard InChI is InChI=1S/C9H5N3O4/c13-4-8-9(11-14)6-3-5(12(15)16)1-2-7(6)10-8/h1-4,14H. The molecule has 7 heteroatoms. The van der Waals surface area contributed by atoms with Crippen LogP contribution in [0.15, 0.2) is 28.3 Å². The molecule has 0 radical (unpaired) electrons. The van der Waals surface area contributed by atoms with E-state index in [9.17, 15) is 14.9 Å². The van der Waals surface area contributed by atoms with Crippen molar-refractivity contribution >= 4 is 29.1 Å². The molecular formula is C9H5N3O4. The van der Waals surface area contributed by atoms with Crippen molar-refractivity contribution in [3.8, 4) is 0 Å². The van der Waals surface area contributed by atoms with Gasteiger partial charge in [0.05, 0.1) is 10.6 Å². The third kappa shape index (κ3) is 1.34. The van der Waals surface area contributed by atoms with Crippen molar-refractivity contribution in [3.05, 3.63) is 33.9 Å². The molecule has 0 amide bonds. The molecule has 2 rings (SSSR count). The maximum atomic E-state index is 10.6. The molecule has 1 aromatic rings. The van der Waals surface area contributed by atoms with Crippen LogP contribution in [0.3, 0.4) is 0 Å². The number of carbonyl (C=O) groups is 1. The minimum Gasteiger partial charge on any atom is -0.410 e. The Morgan fingerprint density at radius 3 is 2.81 bits per heavy atom. The van der Waals surface area contributed by atoms with E-state index in [4.69, 9.17) is 5.21 Å². The van der Waals surface area contributed by atoms with Gasteiger partial charge in [-0.05, 0) is 6.07 Å². The van der Waals surface area contributed by atoms with E-state index in [0.717, 1.165) is 0 Å². The molecule has 80 valence electrons. The predicted octanol–water partition coefficient (Wildman–Crippen LogP) is 1.06. The van der Waals surface area contributed by atoms with Crippen molar-refractivity contribution in [2.75, 3.05) is 0 Å². The Kier molecular flexibility index (Phi) is 2.20. The molecule has 0 bridgehead atoms. The quantitative estimate of drug-likeness (QED) is 0.347. The van der Waals surface area contributed by atoms with Crippen molar-refractivity contribution in [2.24, 2.45) is 10.1 Å². The second-order valence-corrected chi connectivity index (χ2v) is 3.02. The summed E-state index contributed by atoms with van der Waals surface area (Å²) in [6.07, 6.45) is 0.431. The number of rotatable bonds is 2. The van der Waals surface area contributed by atoms with Crippen LogP contribution >= 0.6 is 0 Å². The Morgan fingerprint density at radius 1 is 1.50 bits per heavy atom. The van der Waals surface area contributed by atoms with Gasteiger partial charge in [-0.25, -0.2) is 4.99 Å². The Hall–Kier alpha value is -2.57. The highest BCUT2D eigenvalue weighted by molar-refractivity contribution is 6.67. The van der Waals surface area contributed by atoms with Gasteiger partial charge in [-0.15, -0.1) is 0 Å². The largest absolute Gasteiger partial charge is 0.410 e. The number of fused-ring (bicyclic) bond motifs is 1. The monoisotopic (exact) mass is 219 g/mol. The fourth-order valence-corrected chi connectivity index (χ4v) is 1.43. The summed E-state index contributed by atoms with van der Waals surface area (Å²) in [5.74, 6) is 0. The molecule has 1 N–H and O–H groups in total. The van der Waals surface area contributed by atoms with E-state index >= 15 is 0 Å². The Morgan fingerprint density at radius 2 is 2.25 bits per heavy atom. The average molecular weight is 219 g/mol. The van der Waals surface area contributed by atoms with E-state index in [2.05, 4.69) is 10.1 Å². The van der Waals surface area contributed by atoms with Crippen LogP contribution in [0, 0.1) is 10.1 Å². The highest BCUT2D eigenvalue weighted by Crippen LogP contribution is 2.30. The van der Waals surface area contributed by atoms with Crippen LogP contribution < -0.4 is 0 Å². The smallest absolute Gasteiger partial charge is 0.270 e. The first-order valence-corrected chi connectivity index (χ1v) is 4.22. The van der Waals surface area contributed by atoms with Crippen LogP contribution in [-0.4, -0.2) is 27.8 Å². The fraction of sp³-hybridized carbons (Fsp3) is 0. The lowest BCUT2D eigenvalue weighted by Gasteiger charge is -1.97. The maximum Gasteiger partial charge on any atom is 0.270 e. The lowest BCUT2D eigenvalue weighted by atomic mass is 10.1. The summed E-state index contributed by atoms with van der Waals surface area (Å²) in [5, 5.41) is 22.2. The van der Waals surface area contributed by atoms with E-state index in [1.807, 2.05) is 0 Å². The normalized spacial score (nSPS) is 15.8. The van der Waals surface area contributed by atoms with Gasteiger partial charge in [0, 0.05) is 17.7 Å². The number of nitro benzene ring substituents is 1. The van der Waals surface area contributed by atoms with Crippen LogP contribution in [0.1, 0.15) is 5.56 Å². The molecule has 0 unspecified atom stereocenters. The zero-order chi connectivity index (χ0) is 11.7. The molecule has 0 aromatic heterocycles. The van der Waals surface area contributed by atoms with Crippen LogP contribution in [0.25, 0.3) is 0 Å². The molecule has 0 spiro atoms. The number of oxime groups is 1. The molecule has 1 heterocycles. The summed E-state index contributed by atoms with van der Waals surface area (Å²) in [5.41, 5.74) is 0.410. The molecule has 0 saturated heterocycles. The summed E-state index contributed by atoms with van der Waals surface area (Å²) < 4.78 is 0. The fourth-order valence-electron chi connectivity index (χ4n) is 1.43. The molecule has 0 atom stereocenters. The Bertz CT molecular complexity index is 548. The average Bonchev–Trinajstić information content (AvgIpc) is 2.65. The van der Waals surface area contributed by atoms with Gasteiger partial charge >= 0.3 is 0 Å². The zero-order valence-corrected chi connectivity index (χ0v) is 7.82. The number of hydrogen-bond donors (Lipinski definition) is 1. The zero-order valence-electron chi connectivity index (χ0n) is 7.82. The molecular weight excluding hydrogens is 214 g/mol. The minimum absolute atomic E-state index is 0.0435. The van der Waals surface area contributed by atoms with Gasteiger partial charge in [-0.3, -0.25) is 14.9 Å². The molecule has 1 aromatic carbocycles. The number of non-ortho nitro benzene ring substituents is 1. The van der Waals surface area contributed by atoms with Crippen LogP contribution in [-0.2, 0) is 4.79 Å². The van der Waals surface area contributed by atoms with E-state index in [0.29, 0.717) is 12.0 Å². The van der Waals surface area contributed by atoms with Crippen LogP contribution in [0.5, 0.6) is 0 Å². The molecule has 0 aliphatic carbocycles. The summed E-state index contributed by atoms with van der Waals surface area (Å²) >= 11 is 0. The first kappa shape index (κ1) is 9.97. The number of nitrogens with zero attached hydrogens (tertiary/aromatic N) is 3. The van der Waals surface area contributed by atoms with Crippen molar-refractivity contribution in [1.82, 2.24) is 0 Å². The van der Waals surface area contributed by atoms with E-state index in [-0.39, 0.29) is 22.7 Å². The van der Waals surface area contributed by atoms with Gasteiger partial charge in [0.2, 0.25) is 0 Å². The molecule has 1 aliphatic rings. The van der Waals surface area contributed by atoms with Crippen molar-refractivity contribution in [1.29, 1.82) is 0 Å². The minimum atomic E-state index is -0.575. The molecule has 0 saturated carbocycles. The highest BCUT2D eigenvalue weighted by Gasteiger charge is 2.25. The lowest BCUT2D eigenvalue weighted by molar-refractivity contribution is -0.384. The van der Waals surface area contributed by atoms with Crippen molar-refractivity contribution in [3.63, 3.8) is 0 Å². The summed E-state index contributed by atoms with van der Waals surface area (Å²) in [7, 11) is 0. The van der Waals surface area contributed by atoms with Crippen LogP contribution in [0.2, 0.25) is 0 Å². The van der Waals surface area contributed by atoms with E-state index in [1.54, 1.807) is 0 Å². The second-order valence-electron chi connectivity index (χ2n) is 3.02. The predicted molar refractivity (Wildman–Crippen MR) is 54.6 cm³/mol. The number of benzene rings is 1. The lowest BCUT2D eigenvalue weighted by Crippen LogP contribution is -2.12. The summed E-state index contributed by atoms with van der Waals surface area (Å²) in [6, 6.07) is 3.88. The van der Waals surface area contributed by atoms with Gasteiger partial charge in [-0.2, -0.15) is 0 Å². The van der Waals surface area contributed by atoms with Gasteiger partial charge < -0.3 is 5.21 Å². The molecule has 16 heavy (non-hydrogen) atoms. The van der Waals surface area contributed by atoms with Gasteiger partial charge in [0.25, 0.3) is 5.69 Å². The third-order valence-electron chi connectivity index (χ3n) is 2.14. The van der Waals surface area contributed by atoms with Gasteiger partial charge in [0.1, 0.15) is 11.4 Å². The topological polar surface area (TPSA) is 105 Å². The van der Waals surface area contributed by atoms with E-state index in [1.165, 1.54) is 18.2 Å². The number of carbonyl (C=O) groups excluding carboxylic acids is 1. The molecule has 7 nitrogen and oxygen atoms in total. The van der Waals surface area contributed by atoms with Gasteiger partial charge in [-0.1, -0.05) is 5.16 Å². The van der Waals surface area contributed by atoms with Crippen molar-refractivity contribution in [2.45, 2.75) is 0 Å². The molecule has 1 aliphatic heterocycles. The SMILES string of the molecule is O=CC1=Nc2ccc([N+](=O)[O-])cc2C1=NO. The highest BCUT2D eigenvalue weighted by atomic mass is 16.6. The maximum absolute atomic E-state index is 10.6. The second kappa shape index (κ2) is 3.54. The number of hydrogen-bond acceptors (Lipinski definition) is 6. The van der Waals surface area contributed by atoms with Crippen LogP contribution in [0.4, 0.5) is 11.4 Å². The number of nitro groups is 1. The Balaban J connectivity index is 2.59. The molecule has 0 fully saturated rings. The Labute approximate surface area is 88.9 Å². The summed E-state index contributed by atoms with van der Waals surface area (Å²) in [4.78, 5) is 24.4. The first-order valence-electron chi connectivity index (χ1n) is 4.22. The number of aldehydes is 1.